The van der Waals surface area contributed by atoms with Crippen molar-refractivity contribution >= 4 is 38.7 Å². The second kappa shape index (κ2) is 7.72. The van der Waals surface area contributed by atoms with Crippen LogP contribution in [0.4, 0.5) is 20.2 Å². The summed E-state index contributed by atoms with van der Waals surface area (Å²) in [5, 5.41) is 10.7. The van der Waals surface area contributed by atoms with Gasteiger partial charge in [-0.2, -0.15) is 8.78 Å². The SMILES string of the molecule is Cc1ccc(NC(=S)Nc2ccc(S(N)(=O)=O)cc2)c(OC(F)F)c1. The van der Waals surface area contributed by atoms with Gasteiger partial charge in [0.25, 0.3) is 0 Å². The topological polar surface area (TPSA) is 93.5 Å². The first kappa shape index (κ1) is 19.0. The molecule has 0 aliphatic heterocycles. The normalized spacial score (nSPS) is 11.2. The maximum absolute atomic E-state index is 12.5. The third kappa shape index (κ3) is 5.62. The number of aryl methyl sites for hydroxylation is 1. The molecule has 0 amide bonds. The number of sulfonamides is 1. The predicted octanol–water partition coefficient (Wildman–Crippen LogP) is 3.05. The van der Waals surface area contributed by atoms with Gasteiger partial charge in [-0.25, -0.2) is 13.6 Å². The van der Waals surface area contributed by atoms with E-state index in [4.69, 9.17) is 17.4 Å². The number of anilines is 2. The Balaban J connectivity index is 2.10. The van der Waals surface area contributed by atoms with E-state index in [-0.39, 0.29) is 21.4 Å². The Morgan fingerprint density at radius 1 is 1.16 bits per heavy atom. The van der Waals surface area contributed by atoms with Crippen LogP contribution in [0.5, 0.6) is 5.75 Å². The minimum Gasteiger partial charge on any atom is -0.433 e. The first-order valence-electron chi connectivity index (χ1n) is 6.91. The van der Waals surface area contributed by atoms with Crippen LogP contribution in [-0.2, 0) is 10.0 Å². The number of hydrogen-bond donors (Lipinski definition) is 3. The van der Waals surface area contributed by atoms with Crippen molar-refractivity contribution in [2.45, 2.75) is 18.4 Å². The minimum atomic E-state index is -3.78. The van der Waals surface area contributed by atoms with E-state index < -0.39 is 16.6 Å². The lowest BCUT2D eigenvalue weighted by Gasteiger charge is -2.15. The molecular formula is C15H15F2N3O3S2. The van der Waals surface area contributed by atoms with Gasteiger partial charge >= 0.3 is 6.61 Å². The van der Waals surface area contributed by atoms with E-state index in [1.54, 1.807) is 19.1 Å². The summed E-state index contributed by atoms with van der Waals surface area (Å²) in [4.78, 5) is -0.0388. The van der Waals surface area contributed by atoms with Gasteiger partial charge in [-0.15, -0.1) is 0 Å². The number of nitrogens with two attached hydrogens (primary N) is 1. The summed E-state index contributed by atoms with van der Waals surface area (Å²) >= 11 is 5.12. The molecular weight excluding hydrogens is 372 g/mol. The van der Waals surface area contributed by atoms with Crippen molar-refractivity contribution < 1.29 is 21.9 Å². The Bertz CT molecular complexity index is 872. The van der Waals surface area contributed by atoms with Gasteiger partial charge in [0, 0.05) is 5.69 Å². The average molecular weight is 387 g/mol. The van der Waals surface area contributed by atoms with Crippen LogP contribution in [0.15, 0.2) is 47.4 Å². The highest BCUT2D eigenvalue weighted by atomic mass is 32.2. The number of thiocarbonyl (C=S) groups is 1. The third-order valence-corrected chi connectivity index (χ3v) is 4.18. The molecule has 0 saturated carbocycles. The summed E-state index contributed by atoms with van der Waals surface area (Å²) in [5.74, 6) is -0.0382. The summed E-state index contributed by atoms with van der Waals surface area (Å²) in [6, 6.07) is 10.3. The van der Waals surface area contributed by atoms with Crippen LogP contribution in [0, 0.1) is 6.92 Å². The zero-order chi connectivity index (χ0) is 18.6. The van der Waals surface area contributed by atoms with Gasteiger partial charge < -0.3 is 15.4 Å². The highest BCUT2D eigenvalue weighted by Crippen LogP contribution is 2.27. The number of alkyl halides is 2. The number of rotatable bonds is 5. The van der Waals surface area contributed by atoms with Gasteiger partial charge in [0.2, 0.25) is 10.0 Å². The lowest BCUT2D eigenvalue weighted by molar-refractivity contribution is -0.0493. The molecule has 4 N–H and O–H groups in total. The van der Waals surface area contributed by atoms with Crippen molar-refractivity contribution in [3.63, 3.8) is 0 Å². The second-order valence-electron chi connectivity index (χ2n) is 5.03. The fraction of sp³-hybridized carbons (Fsp3) is 0.133. The van der Waals surface area contributed by atoms with Crippen molar-refractivity contribution in [1.82, 2.24) is 0 Å². The predicted molar refractivity (Wildman–Crippen MR) is 95.5 cm³/mol. The van der Waals surface area contributed by atoms with E-state index in [0.717, 1.165) is 5.56 Å². The molecule has 0 aromatic heterocycles. The summed E-state index contributed by atoms with van der Waals surface area (Å²) in [6.07, 6.45) is 0. The Morgan fingerprint density at radius 3 is 2.36 bits per heavy atom. The van der Waals surface area contributed by atoms with Crippen LogP contribution < -0.4 is 20.5 Å². The van der Waals surface area contributed by atoms with Gasteiger partial charge in [0.15, 0.2) is 5.11 Å². The molecule has 134 valence electrons. The van der Waals surface area contributed by atoms with Crippen LogP contribution >= 0.6 is 12.2 Å². The van der Waals surface area contributed by atoms with E-state index in [2.05, 4.69) is 15.4 Å². The Hall–Kier alpha value is -2.30. The molecule has 0 heterocycles. The number of primary sulfonamides is 1. The average Bonchev–Trinajstić information content (AvgIpc) is 2.49. The van der Waals surface area contributed by atoms with Gasteiger partial charge in [-0.3, -0.25) is 0 Å². The Kier molecular flexibility index (Phi) is 5.88. The second-order valence-corrected chi connectivity index (χ2v) is 7.00. The van der Waals surface area contributed by atoms with Crippen LogP contribution in [0.25, 0.3) is 0 Å². The number of nitrogens with one attached hydrogen (secondary N) is 2. The molecule has 2 rings (SSSR count). The fourth-order valence-corrected chi connectivity index (χ4v) is 2.68. The van der Waals surface area contributed by atoms with Crippen molar-refractivity contribution in [3.8, 4) is 5.75 Å². The smallest absolute Gasteiger partial charge is 0.387 e. The van der Waals surface area contributed by atoms with Gasteiger partial charge in [-0.1, -0.05) is 6.07 Å². The van der Waals surface area contributed by atoms with E-state index in [9.17, 15) is 17.2 Å². The van der Waals surface area contributed by atoms with Crippen molar-refractivity contribution in [2.24, 2.45) is 5.14 Å². The molecule has 0 radical (unpaired) electrons. The molecule has 0 unspecified atom stereocenters. The maximum atomic E-state index is 12.5. The molecule has 0 aliphatic carbocycles. The molecule has 0 spiro atoms. The molecule has 0 bridgehead atoms. The Morgan fingerprint density at radius 2 is 1.80 bits per heavy atom. The zero-order valence-electron chi connectivity index (χ0n) is 13.0. The van der Waals surface area contributed by atoms with Gasteiger partial charge in [0.05, 0.1) is 10.6 Å². The maximum Gasteiger partial charge on any atom is 0.387 e. The van der Waals surface area contributed by atoms with Crippen molar-refractivity contribution in [1.29, 1.82) is 0 Å². The molecule has 10 heteroatoms. The summed E-state index contributed by atoms with van der Waals surface area (Å²) in [6.45, 7) is -1.22. The number of ether oxygens (including phenoxy) is 1. The summed E-state index contributed by atoms with van der Waals surface area (Å²) in [7, 11) is -3.78. The fourth-order valence-electron chi connectivity index (χ4n) is 1.94. The van der Waals surface area contributed by atoms with E-state index >= 15 is 0 Å². The standard InChI is InChI=1S/C15H15F2N3O3S2/c1-9-2-7-12(13(8-9)23-14(16)17)20-15(24)19-10-3-5-11(6-4-10)25(18,21)22/h2-8,14H,1H3,(H2,18,21,22)(H2,19,20,24). The van der Waals surface area contributed by atoms with Gasteiger partial charge in [-0.05, 0) is 61.1 Å². The molecule has 6 nitrogen and oxygen atoms in total. The highest BCUT2D eigenvalue weighted by molar-refractivity contribution is 7.89. The van der Waals surface area contributed by atoms with Crippen LogP contribution in [0.1, 0.15) is 5.56 Å². The number of hydrogen-bond acceptors (Lipinski definition) is 4. The molecule has 2 aromatic carbocycles. The first-order valence-corrected chi connectivity index (χ1v) is 8.87. The molecule has 0 fully saturated rings. The third-order valence-electron chi connectivity index (χ3n) is 3.04. The van der Waals surface area contributed by atoms with Crippen molar-refractivity contribution in [2.75, 3.05) is 10.6 Å². The zero-order valence-corrected chi connectivity index (χ0v) is 14.6. The minimum absolute atomic E-state index is 0.0382. The molecule has 0 atom stereocenters. The number of halogens is 2. The highest BCUT2D eigenvalue weighted by Gasteiger charge is 2.12. The van der Waals surface area contributed by atoms with Crippen molar-refractivity contribution in [3.05, 3.63) is 48.0 Å². The van der Waals surface area contributed by atoms with Crippen LogP contribution in [0.2, 0.25) is 0 Å². The summed E-state index contributed by atoms with van der Waals surface area (Å²) in [5.41, 5.74) is 1.51. The van der Waals surface area contributed by atoms with E-state index in [1.165, 1.54) is 30.3 Å². The van der Waals surface area contributed by atoms with Crippen LogP contribution in [-0.4, -0.2) is 20.1 Å². The number of benzene rings is 2. The Labute approximate surface area is 149 Å². The lowest BCUT2D eigenvalue weighted by atomic mass is 10.2. The lowest BCUT2D eigenvalue weighted by Crippen LogP contribution is -2.20. The van der Waals surface area contributed by atoms with Gasteiger partial charge in [0.1, 0.15) is 5.75 Å². The summed E-state index contributed by atoms with van der Waals surface area (Å²) < 4.78 is 51.9. The first-order chi connectivity index (χ1) is 11.6. The largest absolute Gasteiger partial charge is 0.433 e. The van der Waals surface area contributed by atoms with E-state index in [0.29, 0.717) is 5.69 Å². The molecule has 25 heavy (non-hydrogen) atoms. The molecule has 2 aromatic rings. The van der Waals surface area contributed by atoms with E-state index in [1.807, 2.05) is 0 Å². The quantitative estimate of drug-likeness (QED) is 0.683. The monoisotopic (exact) mass is 387 g/mol. The van der Waals surface area contributed by atoms with Crippen LogP contribution in [0.3, 0.4) is 0 Å². The molecule has 0 aliphatic rings. The molecule has 0 saturated heterocycles.